The number of carbonyl (C=O) groups excluding carboxylic acids is 3. The van der Waals surface area contributed by atoms with Crippen molar-refractivity contribution in [3.63, 3.8) is 0 Å². The van der Waals surface area contributed by atoms with Crippen molar-refractivity contribution >= 4 is 17.9 Å². The molecule has 0 N–H and O–H groups in total. The molecular weight excluding hydrogens is 973 g/mol. The Hall–Kier alpha value is -2.89. The first-order valence-electron chi connectivity index (χ1n) is 34.8. The third-order valence-corrected chi connectivity index (χ3v) is 15.5. The summed E-state index contributed by atoms with van der Waals surface area (Å²) in [5, 5.41) is 0. The normalized spacial score (nSPS) is 12.4. The van der Waals surface area contributed by atoms with E-state index >= 15 is 0 Å². The van der Waals surface area contributed by atoms with E-state index in [-0.39, 0.29) is 31.1 Å². The summed E-state index contributed by atoms with van der Waals surface area (Å²) in [6.07, 6.45) is 86.8. The first-order valence-corrected chi connectivity index (χ1v) is 34.8. The molecule has 0 saturated carbocycles. The predicted octanol–water partition coefficient (Wildman–Crippen LogP) is 23.9. The molecule has 0 radical (unpaired) electrons. The van der Waals surface area contributed by atoms with Gasteiger partial charge < -0.3 is 14.2 Å². The first kappa shape index (κ1) is 76.1. The summed E-state index contributed by atoms with van der Waals surface area (Å²) in [7, 11) is 0. The maximum absolute atomic E-state index is 12.9. The van der Waals surface area contributed by atoms with E-state index in [1.165, 1.54) is 231 Å². The SMILES string of the molecule is CC/C=C\C/C=C\C/C=C\C/C=C\CCCCCCC(=O)OC(COC(=O)CCCCCCCCCCCCCCCCC/C=C\CCCCCCCCCC)COC(=O)CCCCCCCCCCCCCCCCCCC. The molecule has 0 saturated heterocycles. The zero-order chi connectivity index (χ0) is 57.1. The van der Waals surface area contributed by atoms with Crippen molar-refractivity contribution in [3.8, 4) is 0 Å². The summed E-state index contributed by atoms with van der Waals surface area (Å²) in [6, 6.07) is 0. The van der Waals surface area contributed by atoms with Gasteiger partial charge in [0.15, 0.2) is 6.10 Å². The molecule has 0 aliphatic carbocycles. The smallest absolute Gasteiger partial charge is 0.306 e. The van der Waals surface area contributed by atoms with Crippen molar-refractivity contribution < 1.29 is 28.6 Å². The fourth-order valence-corrected chi connectivity index (χ4v) is 10.3. The van der Waals surface area contributed by atoms with Gasteiger partial charge in [-0.25, -0.2) is 0 Å². The number of carbonyl (C=O) groups is 3. The van der Waals surface area contributed by atoms with Crippen LogP contribution in [-0.4, -0.2) is 37.2 Å². The van der Waals surface area contributed by atoms with Crippen LogP contribution >= 0.6 is 0 Å². The van der Waals surface area contributed by atoms with Crippen LogP contribution in [0.2, 0.25) is 0 Å². The summed E-state index contributed by atoms with van der Waals surface area (Å²) >= 11 is 0. The molecule has 0 heterocycles. The maximum atomic E-state index is 12.9. The zero-order valence-electron chi connectivity index (χ0n) is 52.9. The van der Waals surface area contributed by atoms with Gasteiger partial charge >= 0.3 is 17.9 Å². The molecule has 1 atom stereocenters. The lowest BCUT2D eigenvalue weighted by Gasteiger charge is -2.18. The Balaban J connectivity index is 4.28. The number of ether oxygens (including phenoxy) is 3. The Morgan fingerprint density at radius 1 is 0.266 bits per heavy atom. The van der Waals surface area contributed by atoms with Crippen molar-refractivity contribution in [3.05, 3.63) is 60.8 Å². The fraction of sp³-hybridized carbons (Fsp3) is 0.822. The standard InChI is InChI=1S/C73H132O6/c1-4-7-10-13-16-19-22-25-28-31-32-33-34-35-36-37-38-39-40-43-45-48-51-54-57-60-63-66-72(75)78-69-70(79-73(76)67-64-61-58-55-52-49-46-42-30-27-24-21-18-15-12-9-6-3)68-77-71(74)65-62-59-56-53-50-47-44-41-29-26-23-20-17-14-11-8-5-2/h9,12,18,21,27,30-32,46,49,70H,4-8,10-11,13-17,19-20,22-26,28-29,33-45,47-48,50-69H2,1-3H3/b12-9-,21-18-,30-27-,32-31-,49-46-. The maximum Gasteiger partial charge on any atom is 0.306 e. The summed E-state index contributed by atoms with van der Waals surface area (Å²) in [4.78, 5) is 38.4. The summed E-state index contributed by atoms with van der Waals surface area (Å²) in [6.45, 7) is 6.57. The molecule has 6 heteroatoms. The Morgan fingerprint density at radius 2 is 0.494 bits per heavy atom. The number of hydrogen-bond acceptors (Lipinski definition) is 6. The van der Waals surface area contributed by atoms with Crippen molar-refractivity contribution in [1.82, 2.24) is 0 Å². The van der Waals surface area contributed by atoms with E-state index in [1.807, 2.05) is 0 Å². The van der Waals surface area contributed by atoms with Crippen molar-refractivity contribution in [2.24, 2.45) is 0 Å². The molecule has 0 spiro atoms. The number of esters is 3. The van der Waals surface area contributed by atoms with E-state index in [2.05, 4.69) is 81.5 Å². The van der Waals surface area contributed by atoms with Crippen LogP contribution < -0.4 is 0 Å². The van der Waals surface area contributed by atoms with Gasteiger partial charge in [0.25, 0.3) is 0 Å². The summed E-state index contributed by atoms with van der Waals surface area (Å²) in [5.74, 6) is -0.880. The van der Waals surface area contributed by atoms with Gasteiger partial charge in [-0.3, -0.25) is 14.4 Å². The Morgan fingerprint density at radius 3 is 0.785 bits per heavy atom. The third kappa shape index (κ3) is 65.8. The van der Waals surface area contributed by atoms with Gasteiger partial charge in [-0.15, -0.1) is 0 Å². The molecule has 0 bridgehead atoms. The minimum atomic E-state index is -0.786. The third-order valence-electron chi connectivity index (χ3n) is 15.5. The largest absolute Gasteiger partial charge is 0.462 e. The first-order chi connectivity index (χ1) is 39.0. The Labute approximate surface area is 491 Å². The topological polar surface area (TPSA) is 78.9 Å². The van der Waals surface area contributed by atoms with E-state index in [0.29, 0.717) is 19.3 Å². The molecule has 0 amide bonds. The van der Waals surface area contributed by atoms with E-state index in [9.17, 15) is 14.4 Å². The van der Waals surface area contributed by atoms with Crippen LogP contribution in [-0.2, 0) is 28.6 Å². The van der Waals surface area contributed by atoms with Gasteiger partial charge in [0, 0.05) is 19.3 Å². The van der Waals surface area contributed by atoms with Crippen molar-refractivity contribution in [2.75, 3.05) is 13.2 Å². The molecule has 0 rings (SSSR count). The minimum absolute atomic E-state index is 0.0799. The highest BCUT2D eigenvalue weighted by Gasteiger charge is 2.19. The molecule has 0 aliphatic heterocycles. The highest BCUT2D eigenvalue weighted by Crippen LogP contribution is 2.18. The molecule has 6 nitrogen and oxygen atoms in total. The highest BCUT2D eigenvalue weighted by atomic mass is 16.6. The van der Waals surface area contributed by atoms with E-state index < -0.39 is 6.10 Å². The van der Waals surface area contributed by atoms with Gasteiger partial charge in [-0.05, 0) is 83.5 Å². The van der Waals surface area contributed by atoms with Crippen LogP contribution in [0.15, 0.2) is 60.8 Å². The molecule has 0 aromatic carbocycles. The number of rotatable bonds is 64. The monoisotopic (exact) mass is 1110 g/mol. The van der Waals surface area contributed by atoms with Crippen LogP contribution in [0.4, 0.5) is 0 Å². The second kappa shape index (κ2) is 67.6. The van der Waals surface area contributed by atoms with Gasteiger partial charge in [0.2, 0.25) is 0 Å². The fourth-order valence-electron chi connectivity index (χ4n) is 10.3. The van der Waals surface area contributed by atoms with Crippen LogP contribution in [0.25, 0.3) is 0 Å². The van der Waals surface area contributed by atoms with Gasteiger partial charge in [-0.1, -0.05) is 326 Å². The minimum Gasteiger partial charge on any atom is -0.462 e. The summed E-state index contributed by atoms with van der Waals surface area (Å²) < 4.78 is 17.0. The van der Waals surface area contributed by atoms with Gasteiger partial charge in [0.05, 0.1) is 0 Å². The Kier molecular flexibility index (Phi) is 65.1. The van der Waals surface area contributed by atoms with Crippen molar-refractivity contribution in [1.29, 1.82) is 0 Å². The molecule has 1 unspecified atom stereocenters. The van der Waals surface area contributed by atoms with Crippen LogP contribution in [0.1, 0.15) is 367 Å². The number of hydrogen-bond donors (Lipinski definition) is 0. The molecule has 460 valence electrons. The molecule has 79 heavy (non-hydrogen) atoms. The lowest BCUT2D eigenvalue weighted by molar-refractivity contribution is -0.167. The molecule has 0 aromatic rings. The van der Waals surface area contributed by atoms with E-state index in [0.717, 1.165) is 96.3 Å². The lowest BCUT2D eigenvalue weighted by Crippen LogP contribution is -2.30. The van der Waals surface area contributed by atoms with Gasteiger partial charge in [0.1, 0.15) is 13.2 Å². The molecule has 0 fully saturated rings. The van der Waals surface area contributed by atoms with Crippen molar-refractivity contribution in [2.45, 2.75) is 374 Å². The van der Waals surface area contributed by atoms with E-state index in [1.54, 1.807) is 0 Å². The van der Waals surface area contributed by atoms with Crippen LogP contribution in [0.5, 0.6) is 0 Å². The number of unbranched alkanes of at least 4 members (excludes halogenated alkanes) is 43. The average Bonchev–Trinajstić information content (AvgIpc) is 3.45. The lowest BCUT2D eigenvalue weighted by atomic mass is 10.0. The average molecular weight is 1110 g/mol. The molecule has 0 aliphatic rings. The Bertz CT molecular complexity index is 1410. The number of allylic oxidation sites excluding steroid dienone is 10. The van der Waals surface area contributed by atoms with E-state index in [4.69, 9.17) is 14.2 Å². The van der Waals surface area contributed by atoms with Gasteiger partial charge in [-0.2, -0.15) is 0 Å². The highest BCUT2D eigenvalue weighted by molar-refractivity contribution is 5.71. The second-order valence-corrected chi connectivity index (χ2v) is 23.4. The predicted molar refractivity (Wildman–Crippen MR) is 344 cm³/mol. The van der Waals surface area contributed by atoms with Crippen LogP contribution in [0.3, 0.4) is 0 Å². The molecular formula is C73H132O6. The summed E-state index contributed by atoms with van der Waals surface area (Å²) in [5.41, 5.74) is 0. The quantitative estimate of drug-likeness (QED) is 0.0261. The van der Waals surface area contributed by atoms with Crippen LogP contribution in [0, 0.1) is 0 Å². The molecule has 0 aromatic heterocycles. The second-order valence-electron chi connectivity index (χ2n) is 23.4. The zero-order valence-corrected chi connectivity index (χ0v) is 52.9.